The molecule has 2 aromatic carbocycles. The van der Waals surface area contributed by atoms with E-state index in [0.29, 0.717) is 32.2 Å². The van der Waals surface area contributed by atoms with Gasteiger partial charge in [0.2, 0.25) is 11.8 Å². The molecule has 0 bridgehead atoms. The van der Waals surface area contributed by atoms with Crippen molar-refractivity contribution in [3.8, 4) is 0 Å². The summed E-state index contributed by atoms with van der Waals surface area (Å²) in [5.41, 5.74) is 5.31. The highest BCUT2D eigenvalue weighted by Crippen LogP contribution is 2.38. The van der Waals surface area contributed by atoms with Crippen molar-refractivity contribution in [2.45, 2.75) is 82.6 Å². The van der Waals surface area contributed by atoms with Crippen molar-refractivity contribution in [3.05, 3.63) is 70.8 Å². The number of nitrogens with zero attached hydrogens (tertiary/aromatic N) is 1. The number of hydrogen-bond acceptors (Lipinski definition) is 8. The van der Waals surface area contributed by atoms with Crippen LogP contribution < -0.4 is 10.8 Å². The Balaban J connectivity index is 1.36. The third-order valence-electron chi connectivity index (χ3n) is 7.69. The van der Waals surface area contributed by atoms with Crippen LogP contribution in [-0.4, -0.2) is 64.0 Å². The molecule has 2 saturated heterocycles. The van der Waals surface area contributed by atoms with Gasteiger partial charge in [0, 0.05) is 44.0 Å². The molecule has 0 unspecified atom stereocenters. The first-order valence-corrected chi connectivity index (χ1v) is 14.1. The number of unbranched alkanes of at least 4 members (excludes halogenated alkanes) is 1. The minimum atomic E-state index is -0.559. The first-order chi connectivity index (χ1) is 19.5. The fraction of sp³-hybridized carbons (Fsp3) is 0.533. The molecule has 2 aliphatic heterocycles. The lowest BCUT2D eigenvalue weighted by Crippen LogP contribution is -2.42. The molecular weight excluding hydrogens is 514 g/mol. The molecular formula is C30H41N3O7. The lowest BCUT2D eigenvalue weighted by molar-refractivity contribution is -0.253. The molecule has 5 N–H and O–H groups in total. The predicted octanol–water partition coefficient (Wildman–Crippen LogP) is 2.86. The third kappa shape index (κ3) is 8.57. The average molecular weight is 556 g/mol. The molecule has 2 fully saturated rings. The molecule has 0 aromatic heterocycles. The number of aliphatic hydroxyl groups is 2. The Labute approximate surface area is 235 Å². The first kappa shape index (κ1) is 30.1. The number of ether oxygens (including phenoxy) is 2. The molecule has 4 atom stereocenters. The predicted molar refractivity (Wildman–Crippen MR) is 147 cm³/mol. The second-order valence-corrected chi connectivity index (χ2v) is 10.6. The van der Waals surface area contributed by atoms with Crippen molar-refractivity contribution >= 4 is 11.8 Å². The summed E-state index contributed by atoms with van der Waals surface area (Å²) in [6.45, 7) is 2.21. The van der Waals surface area contributed by atoms with Gasteiger partial charge in [-0.1, -0.05) is 48.5 Å². The van der Waals surface area contributed by atoms with Gasteiger partial charge in [0.05, 0.1) is 25.4 Å². The molecule has 2 aromatic rings. The molecule has 0 spiro atoms. The zero-order chi connectivity index (χ0) is 28.3. The van der Waals surface area contributed by atoms with E-state index in [4.69, 9.17) is 14.7 Å². The molecule has 10 heteroatoms. The minimum Gasteiger partial charge on any atom is -0.395 e. The zero-order valence-corrected chi connectivity index (χ0v) is 22.8. The van der Waals surface area contributed by atoms with Crippen LogP contribution in [0.4, 0.5) is 0 Å². The van der Waals surface area contributed by atoms with Crippen molar-refractivity contribution in [1.29, 1.82) is 0 Å². The van der Waals surface area contributed by atoms with E-state index in [1.165, 1.54) is 0 Å². The second-order valence-electron chi connectivity index (χ2n) is 10.6. The molecule has 2 amide bonds. The van der Waals surface area contributed by atoms with Gasteiger partial charge in [-0.05, 0) is 48.9 Å². The van der Waals surface area contributed by atoms with E-state index < -0.39 is 12.2 Å². The monoisotopic (exact) mass is 555 g/mol. The zero-order valence-electron chi connectivity index (χ0n) is 22.8. The van der Waals surface area contributed by atoms with Gasteiger partial charge in [-0.15, -0.1) is 0 Å². The van der Waals surface area contributed by atoms with Gasteiger partial charge in [-0.2, -0.15) is 0 Å². The Bertz CT molecular complexity index is 1080. The number of aliphatic hydroxyl groups excluding tert-OH is 2. The lowest BCUT2D eigenvalue weighted by atomic mass is 9.99. The molecule has 0 aliphatic carbocycles. The summed E-state index contributed by atoms with van der Waals surface area (Å²) in [6, 6.07) is 15.8. The summed E-state index contributed by atoms with van der Waals surface area (Å²) in [4.78, 5) is 25.5. The summed E-state index contributed by atoms with van der Waals surface area (Å²) >= 11 is 0. The Hall–Kier alpha value is -2.86. The second kappa shape index (κ2) is 15.2. The highest BCUT2D eigenvalue weighted by Gasteiger charge is 2.35. The van der Waals surface area contributed by atoms with Crippen LogP contribution in [0.3, 0.4) is 0 Å². The topological polar surface area (TPSA) is 141 Å². The number of benzene rings is 2. The maximum atomic E-state index is 12.1. The first-order valence-electron chi connectivity index (χ1n) is 14.1. The molecule has 0 radical (unpaired) electrons. The van der Waals surface area contributed by atoms with Gasteiger partial charge in [0.1, 0.15) is 0 Å². The van der Waals surface area contributed by atoms with Crippen LogP contribution in [0, 0.1) is 0 Å². The maximum absolute atomic E-state index is 12.1. The van der Waals surface area contributed by atoms with Crippen LogP contribution in [-0.2, 0) is 32.2 Å². The number of carbonyl (C=O) groups excluding carboxylic acids is 2. The van der Waals surface area contributed by atoms with Gasteiger partial charge in [-0.25, -0.2) is 5.48 Å². The Morgan fingerprint density at radius 3 is 2.25 bits per heavy atom. The van der Waals surface area contributed by atoms with Gasteiger partial charge < -0.3 is 25.0 Å². The Kier molecular flexibility index (Phi) is 11.5. The minimum absolute atomic E-state index is 0.00612. The quantitative estimate of drug-likeness (QED) is 0.144. The summed E-state index contributed by atoms with van der Waals surface area (Å²) < 4.78 is 12.9. The number of likely N-dealkylation sites (tertiary alicyclic amines) is 1. The summed E-state index contributed by atoms with van der Waals surface area (Å²) in [7, 11) is 0. The van der Waals surface area contributed by atoms with Crippen LogP contribution in [0.25, 0.3) is 0 Å². The van der Waals surface area contributed by atoms with E-state index >= 15 is 0 Å². The third-order valence-corrected chi connectivity index (χ3v) is 7.69. The fourth-order valence-electron chi connectivity index (χ4n) is 5.35. The van der Waals surface area contributed by atoms with E-state index in [0.717, 1.165) is 48.2 Å². The van der Waals surface area contributed by atoms with E-state index in [1.807, 2.05) is 48.5 Å². The number of carbonyl (C=O) groups is 2. The van der Waals surface area contributed by atoms with Crippen LogP contribution in [0.15, 0.2) is 48.5 Å². The largest absolute Gasteiger partial charge is 0.395 e. The van der Waals surface area contributed by atoms with E-state index in [-0.39, 0.29) is 43.8 Å². The van der Waals surface area contributed by atoms with E-state index in [1.54, 1.807) is 5.48 Å². The molecule has 0 saturated carbocycles. The maximum Gasteiger partial charge on any atom is 0.243 e. The average Bonchev–Trinajstić information content (AvgIpc) is 3.45. The van der Waals surface area contributed by atoms with Crippen molar-refractivity contribution in [3.63, 3.8) is 0 Å². The standard InChI is InChI=1S/C30H41N3O7/c34-19-22-9-11-23(12-10-22)27-16-26(18-33-15-3-4-25(33)20-35)39-30(40-27)24-13-7-21(8-14-24)17-31-28(36)5-1-2-6-29(37)32-38/h7-14,25-27,30,34-35,38H,1-6,15-20H2,(H,31,36)(H,32,37)/t25-,26+,27-,30-/m0/s1. The molecule has 218 valence electrons. The molecule has 2 aliphatic rings. The smallest absolute Gasteiger partial charge is 0.243 e. The Morgan fingerprint density at radius 2 is 1.57 bits per heavy atom. The number of amides is 2. The number of hydrogen-bond donors (Lipinski definition) is 5. The van der Waals surface area contributed by atoms with Crippen LogP contribution in [0.1, 0.15) is 79.6 Å². The highest BCUT2D eigenvalue weighted by atomic mass is 16.7. The normalized spacial score (nSPS) is 23.2. The summed E-state index contributed by atoms with van der Waals surface area (Å²) in [6.07, 6.45) is 3.55. The van der Waals surface area contributed by atoms with Gasteiger partial charge in [-0.3, -0.25) is 19.7 Å². The summed E-state index contributed by atoms with van der Waals surface area (Å²) in [5, 5.41) is 30.6. The SMILES string of the molecule is O=C(CCCCC(=O)NCc1ccc([C@H]2O[C@@H](CN3CCC[C@H]3CO)C[C@@H](c3ccc(CO)cc3)O2)cc1)NO. The van der Waals surface area contributed by atoms with E-state index in [9.17, 15) is 19.8 Å². The number of rotatable bonds is 13. The van der Waals surface area contributed by atoms with Crippen molar-refractivity contribution < 1.29 is 34.5 Å². The van der Waals surface area contributed by atoms with Crippen LogP contribution in [0.5, 0.6) is 0 Å². The Morgan fingerprint density at radius 1 is 0.900 bits per heavy atom. The van der Waals surface area contributed by atoms with E-state index in [2.05, 4.69) is 10.2 Å². The van der Waals surface area contributed by atoms with Gasteiger partial charge >= 0.3 is 0 Å². The lowest BCUT2D eigenvalue weighted by Gasteiger charge is -2.38. The molecule has 10 nitrogen and oxygen atoms in total. The van der Waals surface area contributed by atoms with Crippen LogP contribution >= 0.6 is 0 Å². The highest BCUT2D eigenvalue weighted by molar-refractivity contribution is 5.76. The van der Waals surface area contributed by atoms with Crippen molar-refractivity contribution in [1.82, 2.24) is 15.7 Å². The number of hydroxylamine groups is 1. The number of nitrogens with one attached hydrogen (secondary N) is 2. The molecule has 4 rings (SSSR count). The summed E-state index contributed by atoms with van der Waals surface area (Å²) in [5.74, 6) is -0.539. The van der Waals surface area contributed by atoms with Crippen molar-refractivity contribution in [2.24, 2.45) is 0 Å². The van der Waals surface area contributed by atoms with Crippen LogP contribution in [0.2, 0.25) is 0 Å². The van der Waals surface area contributed by atoms with Crippen molar-refractivity contribution in [2.75, 3.05) is 19.7 Å². The molecule has 40 heavy (non-hydrogen) atoms. The molecule has 2 heterocycles. The van der Waals surface area contributed by atoms with Gasteiger partial charge in [0.15, 0.2) is 6.29 Å². The van der Waals surface area contributed by atoms with Gasteiger partial charge in [0.25, 0.3) is 0 Å². The fourth-order valence-corrected chi connectivity index (χ4v) is 5.35.